The van der Waals surface area contributed by atoms with E-state index in [1.54, 1.807) is 0 Å². The number of benzene rings is 1. The molecule has 0 amide bonds. The van der Waals surface area contributed by atoms with Gasteiger partial charge < -0.3 is 0 Å². The first-order chi connectivity index (χ1) is 6.36. The number of hydrogen-bond donors (Lipinski definition) is 1. The number of nitrogens with one attached hydrogen (secondary N) is 1. The van der Waals surface area contributed by atoms with E-state index in [4.69, 9.17) is 0 Å². The molecule has 1 fully saturated rings. The van der Waals surface area contributed by atoms with E-state index in [1.165, 1.54) is 18.6 Å². The summed E-state index contributed by atoms with van der Waals surface area (Å²) >= 11 is 0. The lowest BCUT2D eigenvalue weighted by atomic mass is 10.3. The second-order valence-electron chi connectivity index (χ2n) is 3.51. The zero-order valence-electron chi connectivity index (χ0n) is 7.83. The molecule has 0 aliphatic heterocycles. The smallest absolute Gasteiger partial charge is 0.0561 e. The molecule has 0 aromatic heterocycles. The van der Waals surface area contributed by atoms with Gasteiger partial charge in [0.2, 0.25) is 0 Å². The fourth-order valence-corrected chi connectivity index (χ4v) is 1.26. The molecule has 2 heteroatoms. The predicted molar refractivity (Wildman–Crippen MR) is 55.9 cm³/mol. The molecule has 1 aromatic rings. The summed E-state index contributed by atoms with van der Waals surface area (Å²) in [6.45, 7) is 2.09. The highest BCUT2D eigenvalue weighted by molar-refractivity contribution is 5.86. The van der Waals surface area contributed by atoms with Crippen molar-refractivity contribution in [3.63, 3.8) is 0 Å². The predicted octanol–water partition coefficient (Wildman–Crippen LogP) is 2.88. The molecule has 0 atom stereocenters. The van der Waals surface area contributed by atoms with Crippen molar-refractivity contribution in [3.8, 4) is 0 Å². The molecule has 2 nitrogen and oxygen atoms in total. The molecule has 1 aromatic carbocycles. The molecule has 13 heavy (non-hydrogen) atoms. The summed E-state index contributed by atoms with van der Waals surface area (Å²) in [6.07, 6.45) is 2.62. The van der Waals surface area contributed by atoms with Crippen LogP contribution in [0, 0.1) is 5.92 Å². The Bertz CT molecular complexity index is 299. The lowest BCUT2D eigenvalue weighted by Gasteiger charge is -2.00. The van der Waals surface area contributed by atoms with E-state index in [1.807, 2.05) is 30.3 Å². The first-order valence-electron chi connectivity index (χ1n) is 4.71. The van der Waals surface area contributed by atoms with E-state index >= 15 is 0 Å². The Balaban J connectivity index is 1.95. The maximum atomic E-state index is 4.32. The Morgan fingerprint density at radius 2 is 2.00 bits per heavy atom. The van der Waals surface area contributed by atoms with Crippen molar-refractivity contribution in [2.45, 2.75) is 19.8 Å². The minimum Gasteiger partial charge on any atom is -0.279 e. The summed E-state index contributed by atoms with van der Waals surface area (Å²) in [4.78, 5) is 0. The Morgan fingerprint density at radius 1 is 1.31 bits per heavy atom. The molecule has 0 unspecified atom stereocenters. The molecule has 0 spiro atoms. The van der Waals surface area contributed by atoms with E-state index in [9.17, 15) is 0 Å². The van der Waals surface area contributed by atoms with Crippen LogP contribution in [0.3, 0.4) is 0 Å². The topological polar surface area (TPSA) is 24.4 Å². The molecular formula is C11H14N2. The van der Waals surface area contributed by atoms with Crippen LogP contribution in [0.2, 0.25) is 0 Å². The van der Waals surface area contributed by atoms with Crippen molar-refractivity contribution in [3.05, 3.63) is 30.3 Å². The fourth-order valence-electron chi connectivity index (χ4n) is 1.26. The van der Waals surface area contributed by atoms with Crippen molar-refractivity contribution in [2.75, 3.05) is 5.43 Å². The summed E-state index contributed by atoms with van der Waals surface area (Å²) in [5.41, 5.74) is 5.34. The SMILES string of the molecule is C/C(=N\Nc1ccccc1)C1CC1. The summed E-state index contributed by atoms with van der Waals surface area (Å²) in [7, 11) is 0. The Labute approximate surface area is 78.7 Å². The van der Waals surface area contributed by atoms with E-state index in [0.29, 0.717) is 0 Å². The van der Waals surface area contributed by atoms with Crippen LogP contribution < -0.4 is 5.43 Å². The first kappa shape index (κ1) is 8.30. The highest BCUT2D eigenvalue weighted by Gasteiger charge is 2.24. The number of para-hydroxylation sites is 1. The van der Waals surface area contributed by atoms with E-state index in [-0.39, 0.29) is 0 Å². The van der Waals surface area contributed by atoms with Gasteiger partial charge in [-0.3, -0.25) is 5.43 Å². The first-order valence-corrected chi connectivity index (χ1v) is 4.71. The van der Waals surface area contributed by atoms with Gasteiger partial charge in [0, 0.05) is 5.71 Å². The summed E-state index contributed by atoms with van der Waals surface area (Å²) < 4.78 is 0. The zero-order valence-corrected chi connectivity index (χ0v) is 7.83. The van der Waals surface area contributed by atoms with Gasteiger partial charge in [0.25, 0.3) is 0 Å². The van der Waals surface area contributed by atoms with Gasteiger partial charge in [-0.2, -0.15) is 5.10 Å². The highest BCUT2D eigenvalue weighted by atomic mass is 15.3. The van der Waals surface area contributed by atoms with Gasteiger partial charge in [0.1, 0.15) is 0 Å². The van der Waals surface area contributed by atoms with Gasteiger partial charge >= 0.3 is 0 Å². The van der Waals surface area contributed by atoms with Gasteiger partial charge in [-0.05, 0) is 37.8 Å². The average molecular weight is 174 g/mol. The minimum absolute atomic E-state index is 0.746. The lowest BCUT2D eigenvalue weighted by molar-refractivity contribution is 1.14. The minimum atomic E-state index is 0.746. The van der Waals surface area contributed by atoms with E-state index < -0.39 is 0 Å². The van der Waals surface area contributed by atoms with Crippen molar-refractivity contribution >= 4 is 11.4 Å². The van der Waals surface area contributed by atoms with Crippen molar-refractivity contribution in [2.24, 2.45) is 11.0 Å². The number of hydrogen-bond acceptors (Lipinski definition) is 2. The maximum absolute atomic E-state index is 4.32. The molecule has 1 N–H and O–H groups in total. The van der Waals surface area contributed by atoms with Crippen LogP contribution in [0.1, 0.15) is 19.8 Å². The second kappa shape index (κ2) is 3.60. The monoisotopic (exact) mass is 174 g/mol. The lowest BCUT2D eigenvalue weighted by Crippen LogP contribution is -1.98. The molecule has 0 heterocycles. The third-order valence-electron chi connectivity index (χ3n) is 2.30. The molecule has 0 radical (unpaired) electrons. The van der Waals surface area contributed by atoms with Crippen molar-refractivity contribution in [1.82, 2.24) is 0 Å². The van der Waals surface area contributed by atoms with Crippen LogP contribution in [0.5, 0.6) is 0 Å². The van der Waals surface area contributed by atoms with Gasteiger partial charge in [0.15, 0.2) is 0 Å². The largest absolute Gasteiger partial charge is 0.279 e. The molecule has 1 aliphatic carbocycles. The highest BCUT2D eigenvalue weighted by Crippen LogP contribution is 2.30. The molecule has 1 aliphatic rings. The van der Waals surface area contributed by atoms with Gasteiger partial charge in [-0.1, -0.05) is 18.2 Å². The van der Waals surface area contributed by atoms with E-state index in [2.05, 4.69) is 17.5 Å². The van der Waals surface area contributed by atoms with Crippen LogP contribution >= 0.6 is 0 Å². The molecule has 0 bridgehead atoms. The summed E-state index contributed by atoms with van der Waals surface area (Å²) in [6, 6.07) is 10.0. The number of hydrazone groups is 1. The third kappa shape index (κ3) is 2.31. The van der Waals surface area contributed by atoms with E-state index in [0.717, 1.165) is 11.6 Å². The number of nitrogens with zero attached hydrogens (tertiary/aromatic N) is 1. The van der Waals surface area contributed by atoms with Crippen LogP contribution in [0.15, 0.2) is 35.4 Å². The van der Waals surface area contributed by atoms with Crippen LogP contribution in [-0.4, -0.2) is 5.71 Å². The van der Waals surface area contributed by atoms with Crippen LogP contribution in [-0.2, 0) is 0 Å². The quantitative estimate of drug-likeness (QED) is 0.553. The van der Waals surface area contributed by atoms with Crippen LogP contribution in [0.25, 0.3) is 0 Å². The van der Waals surface area contributed by atoms with Gasteiger partial charge in [0.05, 0.1) is 5.69 Å². The zero-order chi connectivity index (χ0) is 9.10. The summed E-state index contributed by atoms with van der Waals surface area (Å²) in [5, 5.41) is 4.32. The maximum Gasteiger partial charge on any atom is 0.0561 e. The molecule has 68 valence electrons. The second-order valence-corrected chi connectivity index (χ2v) is 3.51. The fraction of sp³-hybridized carbons (Fsp3) is 0.364. The van der Waals surface area contributed by atoms with Gasteiger partial charge in [-0.25, -0.2) is 0 Å². The third-order valence-corrected chi connectivity index (χ3v) is 2.30. The van der Waals surface area contributed by atoms with Crippen LogP contribution in [0.4, 0.5) is 5.69 Å². The summed E-state index contributed by atoms with van der Waals surface area (Å²) in [5.74, 6) is 0.746. The molecule has 1 saturated carbocycles. The standard InChI is InChI=1S/C11H14N2/c1-9(10-7-8-10)12-13-11-5-3-2-4-6-11/h2-6,10,13H,7-8H2,1H3/b12-9+. The Hall–Kier alpha value is -1.31. The molecular weight excluding hydrogens is 160 g/mol. The normalized spacial score (nSPS) is 17.2. The molecule has 2 rings (SSSR count). The number of anilines is 1. The van der Waals surface area contributed by atoms with Gasteiger partial charge in [-0.15, -0.1) is 0 Å². The van der Waals surface area contributed by atoms with Crippen molar-refractivity contribution in [1.29, 1.82) is 0 Å². The molecule has 0 saturated heterocycles. The van der Waals surface area contributed by atoms with Crippen molar-refractivity contribution < 1.29 is 0 Å². The Morgan fingerprint density at radius 3 is 2.62 bits per heavy atom. The Kier molecular flexibility index (Phi) is 2.30. The average Bonchev–Trinajstić information content (AvgIpc) is 2.99. The number of rotatable bonds is 3.